The van der Waals surface area contributed by atoms with Crippen LogP contribution < -0.4 is 72.4 Å². The standard InChI is InChI=1S/C22H27Cl2N3O5.C22H28Cl2N2O3.C20H23Cl2N3O5.C14H19Cl3N2.C10H12Cl2N2.C8H10O3/c1-30-20-15-16(14-19(27(28)29)22(20)31-2)32-13-4-3-8-25-9-11-26(12-10-25)18-7-5-6-17(23)21(18)24;1-27-20-9-8-17(16-21(20)28-2)29-15-4-3-10-25-11-13-26(14-12-25)19-7-5-6-18(23)22(19)24;21-15-4-3-5-16(19(15)22)24-9-7-23(8-10-24)6-1-2-11-30-14-12-17(25(28)29)20(27)18(26)13-14;15-6-1-2-7-18-8-10-19(11-9-18)13-5-3-4-12(16)14(13)17;11-8-2-1-3-9(10(8)12)14-6-4-13-5-7-14;1-10-7-4-3-6(9)5-8(7)11-2/h5-7,14-15H,3-4,8-13H2,1-2H3;5-9,16H,3-4,10-15H2,1-2H3;3-5,12-13,26-27H,1-2,6-11H2;3-5H,1-2,6-11H2;1-3,13H,4-7H2;3-5,9H,1-2H3. The number of alkyl halides is 1. The summed E-state index contributed by atoms with van der Waals surface area (Å²) in [6.07, 6.45) is 7.86. The topological polar surface area (TPSA) is 271 Å². The minimum absolute atomic E-state index is 0.0862. The van der Waals surface area contributed by atoms with Gasteiger partial charge < -0.3 is 87.8 Å². The van der Waals surface area contributed by atoms with E-state index in [1.165, 1.54) is 45.9 Å². The van der Waals surface area contributed by atoms with Crippen LogP contribution in [0, 0.1) is 20.2 Å². The summed E-state index contributed by atoms with van der Waals surface area (Å²) < 4.78 is 47.8. The minimum atomic E-state index is -0.766. The molecule has 0 aliphatic carbocycles. The first kappa shape index (κ1) is 110. The molecule has 5 aliphatic rings. The lowest BCUT2D eigenvalue weighted by molar-refractivity contribution is -0.386. The van der Waals surface area contributed by atoms with Crippen LogP contribution in [0.5, 0.6) is 69.0 Å². The van der Waals surface area contributed by atoms with Gasteiger partial charge in [-0.25, -0.2) is 0 Å². The third kappa shape index (κ3) is 34.2. The Kier molecular flexibility index (Phi) is 47.5. The quantitative estimate of drug-likeness (QED) is 0.00945. The number of nitrogens with one attached hydrogen (secondary N) is 1. The van der Waals surface area contributed by atoms with Crippen molar-refractivity contribution in [2.24, 2.45) is 0 Å². The van der Waals surface area contributed by atoms with Crippen molar-refractivity contribution >= 4 is 167 Å². The molecule has 5 heterocycles. The van der Waals surface area contributed by atoms with Crippen LogP contribution in [-0.4, -0.2) is 270 Å². The number of methoxy groups -OCH3 is 6. The lowest BCUT2D eigenvalue weighted by atomic mass is 10.2. The molecule has 0 radical (unpaired) electrons. The van der Waals surface area contributed by atoms with Crippen LogP contribution in [0.1, 0.15) is 51.4 Å². The van der Waals surface area contributed by atoms with Crippen LogP contribution >= 0.6 is 128 Å². The van der Waals surface area contributed by atoms with Crippen molar-refractivity contribution in [2.45, 2.75) is 51.4 Å². The van der Waals surface area contributed by atoms with Gasteiger partial charge in [-0.3, -0.25) is 39.8 Å². The van der Waals surface area contributed by atoms with Crippen LogP contribution in [0.3, 0.4) is 0 Å². The Morgan fingerprint density at radius 3 is 0.963 bits per heavy atom. The van der Waals surface area contributed by atoms with Gasteiger partial charge in [-0.05, 0) is 162 Å². The van der Waals surface area contributed by atoms with Crippen LogP contribution in [-0.2, 0) is 0 Å². The first-order valence-corrected chi connectivity index (χ1v) is 48.8. The number of nitro benzene ring substituents is 2. The summed E-state index contributed by atoms with van der Waals surface area (Å²) in [6, 6.07) is 44.3. The number of phenolic OH excluding ortho intramolecular Hbond substituents is 3. The monoisotopic (exact) mass is 2080 g/mol. The summed E-state index contributed by atoms with van der Waals surface area (Å²) in [7, 11) is 9.13. The van der Waals surface area contributed by atoms with Gasteiger partial charge in [-0.1, -0.05) is 146 Å². The molecule has 0 aromatic heterocycles. The van der Waals surface area contributed by atoms with Crippen molar-refractivity contribution in [3.8, 4) is 69.0 Å². The number of nitro groups is 2. The van der Waals surface area contributed by atoms with Gasteiger partial charge >= 0.3 is 11.4 Å². The summed E-state index contributed by atoms with van der Waals surface area (Å²) in [5.41, 5.74) is 4.30. The van der Waals surface area contributed by atoms with Gasteiger partial charge in [0.15, 0.2) is 34.5 Å². The highest BCUT2D eigenvalue weighted by Crippen LogP contribution is 2.44. The summed E-state index contributed by atoms with van der Waals surface area (Å²) in [5, 5.41) is 59.8. The molecule has 0 spiro atoms. The zero-order chi connectivity index (χ0) is 97.3. The van der Waals surface area contributed by atoms with Gasteiger partial charge in [0.05, 0.1) is 163 Å². The molecule has 0 bridgehead atoms. The van der Waals surface area contributed by atoms with Gasteiger partial charge in [0.25, 0.3) is 0 Å². The van der Waals surface area contributed by atoms with Gasteiger partial charge in [0.1, 0.15) is 23.0 Å². The molecule has 736 valence electrons. The molecule has 28 nitrogen and oxygen atoms in total. The van der Waals surface area contributed by atoms with Crippen molar-refractivity contribution < 1.29 is 67.8 Å². The van der Waals surface area contributed by atoms with E-state index in [-0.39, 0.29) is 28.7 Å². The van der Waals surface area contributed by atoms with Crippen molar-refractivity contribution in [3.63, 3.8) is 0 Å². The number of hydrogen-bond donors (Lipinski definition) is 4. The van der Waals surface area contributed by atoms with Crippen LogP contribution in [0.2, 0.25) is 50.2 Å². The number of piperazine rings is 5. The predicted octanol–water partition coefficient (Wildman–Crippen LogP) is 22.1. The largest absolute Gasteiger partial charge is 0.508 e. The van der Waals surface area contributed by atoms with Crippen molar-refractivity contribution in [1.29, 1.82) is 0 Å². The number of hydrogen-bond acceptors (Lipinski definition) is 26. The molecule has 0 saturated carbocycles. The van der Waals surface area contributed by atoms with Crippen LogP contribution in [0.4, 0.5) is 39.8 Å². The van der Waals surface area contributed by atoms with E-state index < -0.39 is 27.0 Å². The van der Waals surface area contributed by atoms with Crippen molar-refractivity contribution in [2.75, 3.05) is 250 Å². The molecule has 4 N–H and O–H groups in total. The zero-order valence-corrected chi connectivity index (χ0v) is 84.9. The maximum atomic E-state index is 11.3. The number of halogens is 11. The predicted molar refractivity (Wildman–Crippen MR) is 550 cm³/mol. The highest BCUT2D eigenvalue weighted by atomic mass is 35.5. The second-order valence-corrected chi connectivity index (χ2v) is 35.8. The molecule has 9 aromatic rings. The second kappa shape index (κ2) is 58.3. The molecule has 5 aliphatic heterocycles. The number of ether oxygens (including phenoxy) is 9. The molecule has 0 atom stereocenters. The number of unbranched alkanes of at least 4 members (excludes halogenated alkanes) is 4. The molecule has 14 rings (SSSR count). The van der Waals surface area contributed by atoms with Gasteiger partial charge in [0, 0.05) is 161 Å². The Labute approximate surface area is 846 Å². The van der Waals surface area contributed by atoms with E-state index in [0.29, 0.717) is 98.8 Å². The fraction of sp³-hybridized carbons (Fsp3) is 0.438. The number of phenols is 3. The average molecular weight is 2090 g/mol. The molecule has 0 unspecified atom stereocenters. The molecule has 0 amide bonds. The van der Waals surface area contributed by atoms with E-state index in [4.69, 9.17) is 175 Å². The molecule has 135 heavy (non-hydrogen) atoms. The lowest BCUT2D eigenvalue weighted by Gasteiger charge is -2.36. The van der Waals surface area contributed by atoms with E-state index in [1.807, 2.05) is 97.1 Å². The molecule has 5 saturated heterocycles. The number of benzene rings is 9. The molecule has 39 heteroatoms. The second-order valence-electron chi connectivity index (χ2n) is 31.5. The first-order chi connectivity index (χ1) is 65.2. The fourth-order valence-corrected chi connectivity index (χ4v) is 17.7. The highest BCUT2D eigenvalue weighted by Gasteiger charge is 2.28. The highest BCUT2D eigenvalue weighted by molar-refractivity contribution is 6.46. The molecule has 5 fully saturated rings. The van der Waals surface area contributed by atoms with E-state index in [2.05, 4.69) is 49.4 Å². The van der Waals surface area contributed by atoms with Gasteiger partial charge in [0.2, 0.25) is 11.5 Å². The summed E-state index contributed by atoms with van der Waals surface area (Å²) in [6.45, 7) is 25.0. The summed E-state index contributed by atoms with van der Waals surface area (Å²) >= 11 is 67.5. The molecule has 9 aromatic carbocycles. The average Bonchev–Trinajstić information content (AvgIpc) is 0.766. The zero-order valence-electron chi connectivity index (χ0n) is 76.6. The number of aromatic hydroxyl groups is 3. The van der Waals surface area contributed by atoms with Crippen LogP contribution in [0.25, 0.3) is 0 Å². The Balaban J connectivity index is 0.000000188. The Hall–Kier alpha value is -8.63. The third-order valence-corrected chi connectivity index (χ3v) is 27.1. The number of anilines is 5. The maximum absolute atomic E-state index is 11.3. The van der Waals surface area contributed by atoms with Crippen molar-refractivity contribution in [1.82, 2.24) is 24.9 Å². The van der Waals surface area contributed by atoms with Gasteiger partial charge in [-0.2, -0.15) is 0 Å². The third-order valence-electron chi connectivity index (χ3n) is 22.8. The number of rotatable bonds is 35. The molecular formula is C96H119Cl11N12O16. The maximum Gasteiger partial charge on any atom is 0.318 e. The first-order valence-electron chi connectivity index (χ1n) is 44.4. The Morgan fingerprint density at radius 2 is 0.630 bits per heavy atom. The van der Waals surface area contributed by atoms with E-state index in [9.17, 15) is 30.4 Å². The lowest BCUT2D eigenvalue weighted by Crippen LogP contribution is -2.46. The number of nitrogens with zero attached hydrogens (tertiary/aromatic N) is 11. The van der Waals surface area contributed by atoms with Crippen LogP contribution in [0.15, 0.2) is 152 Å². The Morgan fingerprint density at radius 1 is 0.326 bits per heavy atom. The molecular weight excluding hydrogens is 1970 g/mol. The van der Waals surface area contributed by atoms with E-state index >= 15 is 0 Å². The SMILES string of the molecule is COc1cc(OCCCCN2CCN(c3cccc(Cl)c3Cl)CC2)cc([N+](=O)[O-])c1OC.COc1ccc(O)cc1OC.COc1ccc(OCCCCN2CCN(c3cccc(Cl)c3Cl)CC2)cc1OC.ClCCCCN1CCN(c2cccc(Cl)c2Cl)CC1.Clc1cccc(N2CCNCC2)c1Cl.O=[N+]([O-])c1cc(OCCCCN2CCN(c3cccc(Cl)c3Cl)CC2)cc(O)c1O. The van der Waals surface area contributed by atoms with E-state index in [0.717, 1.165) is 248 Å². The summed E-state index contributed by atoms with van der Waals surface area (Å²) in [4.78, 5) is 42.0. The summed E-state index contributed by atoms with van der Waals surface area (Å²) in [5.74, 6) is 3.85. The van der Waals surface area contributed by atoms with E-state index in [1.54, 1.807) is 51.7 Å². The van der Waals surface area contributed by atoms with Gasteiger partial charge in [-0.15, -0.1) is 11.6 Å². The normalized spacial score (nSPS) is 14.7. The van der Waals surface area contributed by atoms with Crippen molar-refractivity contribution in [3.05, 3.63) is 222 Å². The Bertz CT molecular complexity index is 5170. The minimum Gasteiger partial charge on any atom is -0.508 e. The smallest absolute Gasteiger partial charge is 0.318 e. The fourth-order valence-electron chi connectivity index (χ4n) is 15.4.